The highest BCUT2D eigenvalue weighted by molar-refractivity contribution is 5.93. The van der Waals surface area contributed by atoms with Crippen LogP contribution in [-0.2, 0) is 22.5 Å². The molecule has 1 fully saturated rings. The Hall–Kier alpha value is -2.71. The van der Waals surface area contributed by atoms with Crippen LogP contribution < -0.4 is 5.32 Å². The van der Waals surface area contributed by atoms with Gasteiger partial charge in [-0.25, -0.2) is 9.78 Å². The van der Waals surface area contributed by atoms with Crippen LogP contribution in [-0.4, -0.2) is 77.6 Å². The molecule has 8 nitrogen and oxygen atoms in total. The average molecular weight is 399 g/mol. The van der Waals surface area contributed by atoms with Crippen LogP contribution in [0.4, 0.5) is 5.69 Å². The van der Waals surface area contributed by atoms with Gasteiger partial charge in [0.1, 0.15) is 5.82 Å². The third-order valence-corrected chi connectivity index (χ3v) is 5.20. The highest BCUT2D eigenvalue weighted by atomic mass is 16.5. The van der Waals surface area contributed by atoms with Crippen molar-refractivity contribution in [3.63, 3.8) is 0 Å². The van der Waals surface area contributed by atoms with Crippen LogP contribution in [0.5, 0.6) is 0 Å². The lowest BCUT2D eigenvalue weighted by atomic mass is 10.2. The zero-order valence-electron chi connectivity index (χ0n) is 17.1. The molecule has 2 aromatic rings. The van der Waals surface area contributed by atoms with E-state index in [2.05, 4.69) is 36.3 Å². The number of anilines is 1. The van der Waals surface area contributed by atoms with Gasteiger partial charge in [0.25, 0.3) is 0 Å². The fourth-order valence-electron chi connectivity index (χ4n) is 3.49. The molecule has 156 valence electrons. The molecule has 0 unspecified atom stereocenters. The maximum absolute atomic E-state index is 12.3. The molecule has 29 heavy (non-hydrogen) atoms. The van der Waals surface area contributed by atoms with Gasteiger partial charge >= 0.3 is 5.97 Å². The van der Waals surface area contributed by atoms with Gasteiger partial charge in [-0.15, -0.1) is 0 Å². The predicted octanol–water partition coefficient (Wildman–Crippen LogP) is 1.49. The van der Waals surface area contributed by atoms with E-state index < -0.39 is 0 Å². The number of aryl methyl sites for hydroxylation is 1. The largest absolute Gasteiger partial charge is 0.465 e. The van der Waals surface area contributed by atoms with E-state index in [9.17, 15) is 9.59 Å². The van der Waals surface area contributed by atoms with Crippen molar-refractivity contribution in [3.8, 4) is 0 Å². The number of nitrogens with one attached hydrogen (secondary N) is 1. The number of hydrogen-bond acceptors (Lipinski definition) is 6. The summed E-state index contributed by atoms with van der Waals surface area (Å²) in [6.45, 7) is 8.10. The van der Waals surface area contributed by atoms with Crippen molar-refractivity contribution < 1.29 is 14.3 Å². The first kappa shape index (κ1) is 21.0. The van der Waals surface area contributed by atoms with Crippen molar-refractivity contribution in [3.05, 3.63) is 48.0 Å². The van der Waals surface area contributed by atoms with Gasteiger partial charge in [0.15, 0.2) is 0 Å². The molecule has 0 atom stereocenters. The van der Waals surface area contributed by atoms with Crippen LogP contribution in [0.1, 0.15) is 23.1 Å². The summed E-state index contributed by atoms with van der Waals surface area (Å²) in [6, 6.07) is 6.71. The van der Waals surface area contributed by atoms with Gasteiger partial charge in [-0.2, -0.15) is 0 Å². The number of methoxy groups -OCH3 is 1. The van der Waals surface area contributed by atoms with E-state index >= 15 is 0 Å². The molecule has 1 aromatic heterocycles. The molecule has 0 saturated carbocycles. The summed E-state index contributed by atoms with van der Waals surface area (Å²) in [4.78, 5) is 32.7. The Morgan fingerprint density at radius 2 is 1.76 bits per heavy atom. The second-order valence-electron chi connectivity index (χ2n) is 7.13. The first-order valence-electron chi connectivity index (χ1n) is 10.0. The van der Waals surface area contributed by atoms with E-state index in [1.807, 2.05) is 12.4 Å². The number of rotatable bonds is 8. The quantitative estimate of drug-likeness (QED) is 0.678. The van der Waals surface area contributed by atoms with Gasteiger partial charge in [0, 0.05) is 63.8 Å². The lowest BCUT2D eigenvalue weighted by Gasteiger charge is -2.34. The zero-order valence-corrected chi connectivity index (χ0v) is 17.1. The molecule has 0 radical (unpaired) electrons. The molecule has 2 heterocycles. The maximum atomic E-state index is 12.3. The van der Waals surface area contributed by atoms with E-state index in [-0.39, 0.29) is 11.9 Å². The Bertz CT molecular complexity index is 810. The van der Waals surface area contributed by atoms with E-state index in [1.54, 1.807) is 24.3 Å². The third-order valence-electron chi connectivity index (χ3n) is 5.20. The van der Waals surface area contributed by atoms with Crippen LogP contribution in [0.3, 0.4) is 0 Å². The molecule has 1 N–H and O–H groups in total. The maximum Gasteiger partial charge on any atom is 0.337 e. The van der Waals surface area contributed by atoms with Gasteiger partial charge < -0.3 is 14.6 Å². The number of imidazole rings is 1. The SMILES string of the molecule is CCc1nccn1CCN1CCN(CC(=O)Nc2ccc(C(=O)OC)cc2)CC1. The van der Waals surface area contributed by atoms with Crippen molar-refractivity contribution in [1.82, 2.24) is 19.4 Å². The average Bonchev–Trinajstić information content (AvgIpc) is 3.21. The number of esters is 1. The van der Waals surface area contributed by atoms with Gasteiger partial charge in [-0.05, 0) is 24.3 Å². The number of aromatic nitrogens is 2. The van der Waals surface area contributed by atoms with Crippen molar-refractivity contribution in [2.24, 2.45) is 0 Å². The number of amides is 1. The van der Waals surface area contributed by atoms with E-state index in [4.69, 9.17) is 0 Å². The number of benzene rings is 1. The molecule has 1 saturated heterocycles. The molecular formula is C21H29N5O3. The molecular weight excluding hydrogens is 370 g/mol. The second-order valence-corrected chi connectivity index (χ2v) is 7.13. The standard InChI is InChI=1S/C21H29N5O3/c1-3-19-22-8-9-26(19)15-14-24-10-12-25(13-11-24)16-20(27)23-18-6-4-17(5-7-18)21(28)29-2/h4-9H,3,10-16H2,1-2H3,(H,23,27). The highest BCUT2D eigenvalue weighted by Crippen LogP contribution is 2.11. The normalized spacial score (nSPS) is 15.2. The fourth-order valence-corrected chi connectivity index (χ4v) is 3.49. The minimum atomic E-state index is -0.389. The van der Waals surface area contributed by atoms with Crippen LogP contribution >= 0.6 is 0 Å². The summed E-state index contributed by atoms with van der Waals surface area (Å²) in [5, 5.41) is 2.88. The fraction of sp³-hybridized carbons (Fsp3) is 0.476. The molecule has 0 aliphatic carbocycles. The lowest BCUT2D eigenvalue weighted by Crippen LogP contribution is -2.49. The summed E-state index contributed by atoms with van der Waals surface area (Å²) in [7, 11) is 1.35. The molecule has 1 aliphatic heterocycles. The molecule has 8 heteroatoms. The predicted molar refractivity (Wildman–Crippen MR) is 111 cm³/mol. The number of carbonyl (C=O) groups is 2. The van der Waals surface area contributed by atoms with Gasteiger partial charge in [-0.3, -0.25) is 14.6 Å². The Morgan fingerprint density at radius 3 is 2.41 bits per heavy atom. The van der Waals surface area contributed by atoms with Crippen molar-refractivity contribution in [2.45, 2.75) is 19.9 Å². The van der Waals surface area contributed by atoms with Crippen LogP contribution in [0.2, 0.25) is 0 Å². The Morgan fingerprint density at radius 1 is 1.07 bits per heavy atom. The molecule has 1 amide bonds. The molecule has 1 aromatic carbocycles. The summed E-state index contributed by atoms with van der Waals surface area (Å²) in [5.74, 6) is 0.690. The smallest absolute Gasteiger partial charge is 0.337 e. The Balaban J connectivity index is 1.38. The van der Waals surface area contributed by atoms with E-state index in [0.29, 0.717) is 17.8 Å². The second kappa shape index (κ2) is 10.2. The zero-order chi connectivity index (χ0) is 20.6. The summed E-state index contributed by atoms with van der Waals surface area (Å²) >= 11 is 0. The molecule has 0 bridgehead atoms. The van der Waals surface area contributed by atoms with Crippen LogP contribution in [0.15, 0.2) is 36.7 Å². The van der Waals surface area contributed by atoms with Crippen molar-refractivity contribution in [2.75, 3.05) is 51.7 Å². The van der Waals surface area contributed by atoms with Gasteiger partial charge in [0.2, 0.25) is 5.91 Å². The third kappa shape index (κ3) is 5.88. The summed E-state index contributed by atoms with van der Waals surface area (Å²) < 4.78 is 6.89. The number of carbonyl (C=O) groups excluding carboxylic acids is 2. The number of ether oxygens (including phenoxy) is 1. The van der Waals surface area contributed by atoms with Crippen LogP contribution in [0, 0.1) is 0 Å². The van der Waals surface area contributed by atoms with Crippen molar-refractivity contribution in [1.29, 1.82) is 0 Å². The number of piperazine rings is 1. The monoisotopic (exact) mass is 399 g/mol. The van der Waals surface area contributed by atoms with E-state index in [1.165, 1.54) is 7.11 Å². The minimum absolute atomic E-state index is 0.0460. The van der Waals surface area contributed by atoms with Crippen molar-refractivity contribution >= 4 is 17.6 Å². The van der Waals surface area contributed by atoms with Gasteiger partial charge in [-0.1, -0.05) is 6.92 Å². The molecule has 1 aliphatic rings. The number of hydrogen-bond donors (Lipinski definition) is 1. The molecule has 3 rings (SSSR count). The lowest BCUT2D eigenvalue weighted by molar-refractivity contribution is -0.117. The highest BCUT2D eigenvalue weighted by Gasteiger charge is 2.19. The topological polar surface area (TPSA) is 79.7 Å². The molecule has 0 spiro atoms. The Kier molecular flexibility index (Phi) is 7.37. The number of nitrogens with zero attached hydrogens (tertiary/aromatic N) is 4. The van der Waals surface area contributed by atoms with Gasteiger partial charge in [0.05, 0.1) is 19.2 Å². The summed E-state index contributed by atoms with van der Waals surface area (Å²) in [5.41, 5.74) is 1.14. The first-order chi connectivity index (χ1) is 14.1. The van der Waals surface area contributed by atoms with E-state index in [0.717, 1.165) is 51.5 Å². The summed E-state index contributed by atoms with van der Waals surface area (Å²) in [6.07, 6.45) is 4.84. The minimum Gasteiger partial charge on any atom is -0.465 e. The Labute approximate surface area is 171 Å². The first-order valence-corrected chi connectivity index (χ1v) is 10.0. The van der Waals surface area contributed by atoms with Crippen LogP contribution in [0.25, 0.3) is 0 Å².